The van der Waals surface area contributed by atoms with Gasteiger partial charge >= 0.3 is 5.97 Å². The van der Waals surface area contributed by atoms with E-state index in [2.05, 4.69) is 17.4 Å². The SMILES string of the molecule is CCOC(=O)c1ccc(NC(=O)C2CC(=O)N(CCCc3ccccc3)C2)cc1. The Labute approximate surface area is 170 Å². The van der Waals surface area contributed by atoms with Gasteiger partial charge in [-0.15, -0.1) is 0 Å². The minimum atomic E-state index is -0.391. The van der Waals surface area contributed by atoms with Crippen molar-refractivity contribution in [2.75, 3.05) is 25.0 Å². The lowest BCUT2D eigenvalue weighted by Gasteiger charge is -2.16. The highest BCUT2D eigenvalue weighted by Crippen LogP contribution is 2.21. The number of anilines is 1. The van der Waals surface area contributed by atoms with Crippen molar-refractivity contribution in [1.29, 1.82) is 0 Å². The normalized spacial score (nSPS) is 16.0. The molecule has 2 aromatic rings. The summed E-state index contributed by atoms with van der Waals surface area (Å²) in [6.45, 7) is 3.17. The zero-order valence-electron chi connectivity index (χ0n) is 16.6. The Balaban J connectivity index is 1.47. The maximum Gasteiger partial charge on any atom is 0.338 e. The summed E-state index contributed by atoms with van der Waals surface area (Å²) in [6.07, 6.45) is 2.02. The molecular formula is C23H26N2O4. The summed E-state index contributed by atoms with van der Waals surface area (Å²) in [5.41, 5.74) is 2.28. The van der Waals surface area contributed by atoms with Crippen LogP contribution in [-0.2, 0) is 20.7 Å². The predicted octanol–water partition coefficient (Wildman–Crippen LogP) is 3.28. The fourth-order valence-corrected chi connectivity index (χ4v) is 3.43. The minimum Gasteiger partial charge on any atom is -0.462 e. The van der Waals surface area contributed by atoms with Gasteiger partial charge in [0, 0.05) is 25.2 Å². The van der Waals surface area contributed by atoms with E-state index in [1.807, 2.05) is 18.2 Å². The smallest absolute Gasteiger partial charge is 0.338 e. The number of esters is 1. The van der Waals surface area contributed by atoms with Crippen molar-refractivity contribution in [3.8, 4) is 0 Å². The first-order valence-corrected chi connectivity index (χ1v) is 9.96. The van der Waals surface area contributed by atoms with Crippen LogP contribution in [0, 0.1) is 5.92 Å². The lowest BCUT2D eigenvalue weighted by molar-refractivity contribution is -0.128. The molecule has 1 atom stereocenters. The van der Waals surface area contributed by atoms with Gasteiger partial charge in [0.2, 0.25) is 11.8 Å². The highest BCUT2D eigenvalue weighted by Gasteiger charge is 2.33. The summed E-state index contributed by atoms with van der Waals surface area (Å²) >= 11 is 0. The lowest BCUT2D eigenvalue weighted by atomic mass is 10.1. The summed E-state index contributed by atoms with van der Waals surface area (Å²) in [6, 6.07) is 16.7. The van der Waals surface area contributed by atoms with Crippen molar-refractivity contribution in [2.45, 2.75) is 26.2 Å². The van der Waals surface area contributed by atoms with Crippen molar-refractivity contribution < 1.29 is 19.1 Å². The van der Waals surface area contributed by atoms with Gasteiger partial charge in [-0.2, -0.15) is 0 Å². The number of nitrogens with zero attached hydrogens (tertiary/aromatic N) is 1. The van der Waals surface area contributed by atoms with Crippen LogP contribution in [0.3, 0.4) is 0 Å². The average molecular weight is 394 g/mol. The van der Waals surface area contributed by atoms with Crippen LogP contribution in [0.25, 0.3) is 0 Å². The molecule has 0 spiro atoms. The number of ether oxygens (including phenoxy) is 1. The standard InChI is InChI=1S/C23H26N2O4/c1-2-29-23(28)18-10-12-20(13-11-18)24-22(27)19-15-21(26)25(16-19)14-6-9-17-7-4-3-5-8-17/h3-5,7-8,10-13,19H,2,6,9,14-16H2,1H3,(H,24,27). The summed E-state index contributed by atoms with van der Waals surface area (Å²) in [5.74, 6) is -0.898. The van der Waals surface area contributed by atoms with Gasteiger partial charge in [0.25, 0.3) is 0 Å². The van der Waals surface area contributed by atoms with Crippen LogP contribution >= 0.6 is 0 Å². The first-order chi connectivity index (χ1) is 14.1. The quantitative estimate of drug-likeness (QED) is 0.697. The maximum atomic E-state index is 12.5. The molecule has 2 amide bonds. The molecule has 1 unspecified atom stereocenters. The molecule has 2 aromatic carbocycles. The average Bonchev–Trinajstić information content (AvgIpc) is 3.10. The molecule has 0 radical (unpaired) electrons. The molecule has 1 aliphatic heterocycles. The van der Waals surface area contributed by atoms with E-state index in [1.54, 1.807) is 36.1 Å². The first-order valence-electron chi connectivity index (χ1n) is 9.96. The summed E-state index contributed by atoms with van der Waals surface area (Å²) in [5, 5.41) is 2.84. The molecule has 6 nitrogen and oxygen atoms in total. The Hall–Kier alpha value is -3.15. The third-order valence-corrected chi connectivity index (χ3v) is 4.99. The van der Waals surface area contributed by atoms with Crippen LogP contribution < -0.4 is 5.32 Å². The van der Waals surface area contributed by atoms with Crippen LogP contribution in [0.4, 0.5) is 5.69 Å². The Morgan fingerprint density at radius 2 is 1.83 bits per heavy atom. The van der Waals surface area contributed by atoms with E-state index in [-0.39, 0.29) is 24.2 Å². The number of nitrogens with one attached hydrogen (secondary N) is 1. The molecular weight excluding hydrogens is 368 g/mol. The van der Waals surface area contributed by atoms with Gasteiger partial charge in [0.1, 0.15) is 0 Å². The van der Waals surface area contributed by atoms with Crippen molar-refractivity contribution in [3.63, 3.8) is 0 Å². The second-order valence-electron chi connectivity index (χ2n) is 7.12. The van der Waals surface area contributed by atoms with Gasteiger partial charge in [0.05, 0.1) is 18.1 Å². The molecule has 1 saturated heterocycles. The topological polar surface area (TPSA) is 75.7 Å². The van der Waals surface area contributed by atoms with Gasteiger partial charge in [0.15, 0.2) is 0 Å². The van der Waals surface area contributed by atoms with Crippen LogP contribution in [0.2, 0.25) is 0 Å². The molecule has 0 aliphatic carbocycles. The fourth-order valence-electron chi connectivity index (χ4n) is 3.43. The summed E-state index contributed by atoms with van der Waals surface area (Å²) in [4.78, 5) is 38.3. The largest absolute Gasteiger partial charge is 0.462 e. The van der Waals surface area contributed by atoms with Crippen molar-refractivity contribution in [3.05, 3.63) is 65.7 Å². The number of likely N-dealkylation sites (tertiary alicyclic amines) is 1. The molecule has 29 heavy (non-hydrogen) atoms. The molecule has 0 aromatic heterocycles. The summed E-state index contributed by atoms with van der Waals surface area (Å²) < 4.78 is 4.94. The van der Waals surface area contributed by atoms with Gasteiger partial charge in [-0.1, -0.05) is 30.3 Å². The second kappa shape index (κ2) is 9.87. The molecule has 3 rings (SSSR count). The van der Waals surface area contributed by atoms with E-state index in [4.69, 9.17) is 4.74 Å². The van der Waals surface area contributed by atoms with Gasteiger partial charge in [-0.25, -0.2) is 4.79 Å². The zero-order valence-corrected chi connectivity index (χ0v) is 16.6. The molecule has 1 aliphatic rings. The van der Waals surface area contributed by atoms with Gasteiger partial charge in [-0.3, -0.25) is 9.59 Å². The van der Waals surface area contributed by atoms with Crippen LogP contribution in [0.5, 0.6) is 0 Å². The number of amides is 2. The highest BCUT2D eigenvalue weighted by atomic mass is 16.5. The number of hydrogen-bond acceptors (Lipinski definition) is 4. The molecule has 6 heteroatoms. The van der Waals surface area contributed by atoms with Crippen LogP contribution in [0.15, 0.2) is 54.6 Å². The summed E-state index contributed by atoms with van der Waals surface area (Å²) in [7, 11) is 0. The first kappa shape index (κ1) is 20.6. The van der Waals surface area contributed by atoms with Crippen molar-refractivity contribution in [1.82, 2.24) is 4.90 Å². The fraction of sp³-hybridized carbons (Fsp3) is 0.348. The van der Waals surface area contributed by atoms with E-state index >= 15 is 0 Å². The molecule has 1 fully saturated rings. The number of rotatable bonds is 8. The zero-order chi connectivity index (χ0) is 20.6. The monoisotopic (exact) mass is 394 g/mol. The van der Waals surface area contributed by atoms with E-state index < -0.39 is 5.97 Å². The molecule has 0 bridgehead atoms. The van der Waals surface area contributed by atoms with Crippen molar-refractivity contribution >= 4 is 23.5 Å². The van der Waals surface area contributed by atoms with Crippen LogP contribution in [-0.4, -0.2) is 42.4 Å². The number of benzene rings is 2. The lowest BCUT2D eigenvalue weighted by Crippen LogP contribution is -2.29. The Bertz CT molecular complexity index is 849. The minimum absolute atomic E-state index is 0.0240. The molecule has 152 valence electrons. The Morgan fingerprint density at radius 3 is 2.52 bits per heavy atom. The predicted molar refractivity (Wildman–Crippen MR) is 110 cm³/mol. The number of carbonyl (C=O) groups excluding carboxylic acids is 3. The van der Waals surface area contributed by atoms with E-state index in [0.29, 0.717) is 30.9 Å². The van der Waals surface area contributed by atoms with Crippen LogP contribution in [0.1, 0.15) is 35.7 Å². The number of carbonyl (C=O) groups is 3. The molecule has 1 heterocycles. The van der Waals surface area contributed by atoms with E-state index in [0.717, 1.165) is 12.8 Å². The molecule has 1 N–H and O–H groups in total. The highest BCUT2D eigenvalue weighted by molar-refractivity contribution is 5.97. The van der Waals surface area contributed by atoms with Crippen molar-refractivity contribution in [2.24, 2.45) is 5.92 Å². The third kappa shape index (κ3) is 5.67. The Morgan fingerprint density at radius 1 is 1.10 bits per heavy atom. The van der Waals surface area contributed by atoms with E-state index in [1.165, 1.54) is 5.56 Å². The second-order valence-corrected chi connectivity index (χ2v) is 7.12. The maximum absolute atomic E-state index is 12.5. The van der Waals surface area contributed by atoms with E-state index in [9.17, 15) is 14.4 Å². The van der Waals surface area contributed by atoms with Gasteiger partial charge < -0.3 is 15.0 Å². The number of aryl methyl sites for hydroxylation is 1. The molecule has 0 saturated carbocycles. The van der Waals surface area contributed by atoms with Gasteiger partial charge in [-0.05, 0) is 49.6 Å². The third-order valence-electron chi connectivity index (χ3n) is 4.99. The number of hydrogen-bond donors (Lipinski definition) is 1. The Kier molecular flexibility index (Phi) is 7.00.